The summed E-state index contributed by atoms with van der Waals surface area (Å²) in [6.45, 7) is 14.5. The van der Waals surface area contributed by atoms with Crippen LogP contribution in [0.25, 0.3) is 0 Å². The third kappa shape index (κ3) is 4.61. The minimum absolute atomic E-state index is 1.58. The fourth-order valence-electron chi connectivity index (χ4n) is 2.08. The molecule has 90 valence electrons. The van der Waals surface area contributed by atoms with Crippen molar-refractivity contribution in [2.75, 3.05) is 0 Å². The third-order valence-corrected chi connectivity index (χ3v) is 16.9. The Balaban J connectivity index is 2.85. The zero-order chi connectivity index (χ0) is 11.9. The summed E-state index contributed by atoms with van der Waals surface area (Å²) >= 11 is 0. The van der Waals surface area contributed by atoms with Gasteiger partial charge in [0.2, 0.25) is 0 Å². The first kappa shape index (κ1) is 13.8. The average Bonchev–Trinajstić information content (AvgIpc) is 1.71. The standard InChI is InChI=1S/C7H22O4Si4/c1-12-8-13(2,3)10-15(6,7)11-14(4,5)9-12/h12H,1-7H3. The monoisotopic (exact) mass is 282 g/mol. The molecule has 0 atom stereocenters. The van der Waals surface area contributed by atoms with E-state index in [1.165, 1.54) is 0 Å². The Labute approximate surface area is 97.5 Å². The maximum absolute atomic E-state index is 6.09. The quantitative estimate of drug-likeness (QED) is 0.637. The van der Waals surface area contributed by atoms with Gasteiger partial charge < -0.3 is 16.5 Å². The van der Waals surface area contributed by atoms with Crippen LogP contribution in [0.15, 0.2) is 0 Å². The molecule has 1 saturated heterocycles. The Morgan fingerprint density at radius 2 is 1.00 bits per heavy atom. The van der Waals surface area contributed by atoms with E-state index in [1.54, 1.807) is 0 Å². The highest BCUT2D eigenvalue weighted by molar-refractivity contribution is 6.89. The van der Waals surface area contributed by atoms with Crippen molar-refractivity contribution in [1.29, 1.82) is 0 Å². The molecule has 1 aliphatic heterocycles. The van der Waals surface area contributed by atoms with E-state index in [-0.39, 0.29) is 0 Å². The van der Waals surface area contributed by atoms with Crippen molar-refractivity contribution in [3.8, 4) is 0 Å². The van der Waals surface area contributed by atoms with Crippen molar-refractivity contribution in [2.45, 2.75) is 45.8 Å². The zero-order valence-electron chi connectivity index (χ0n) is 10.7. The molecule has 1 aliphatic rings. The highest BCUT2D eigenvalue weighted by Gasteiger charge is 2.46. The molecule has 0 saturated carbocycles. The van der Waals surface area contributed by atoms with Crippen LogP contribution in [0.3, 0.4) is 0 Å². The van der Waals surface area contributed by atoms with E-state index in [9.17, 15) is 0 Å². The van der Waals surface area contributed by atoms with Crippen molar-refractivity contribution in [3.05, 3.63) is 0 Å². The molecule has 0 aromatic carbocycles. The lowest BCUT2D eigenvalue weighted by molar-refractivity contribution is 0.251. The molecule has 1 fully saturated rings. The maximum Gasteiger partial charge on any atom is 0.314 e. The van der Waals surface area contributed by atoms with E-state index in [2.05, 4.69) is 45.8 Å². The minimum atomic E-state index is -2.08. The van der Waals surface area contributed by atoms with Gasteiger partial charge in [-0.05, 0) is 45.8 Å². The van der Waals surface area contributed by atoms with Crippen molar-refractivity contribution < 1.29 is 16.5 Å². The summed E-state index contributed by atoms with van der Waals surface area (Å²) in [6.07, 6.45) is 0. The Hall–Kier alpha value is 0.708. The molecule has 1 rings (SSSR count). The highest BCUT2D eigenvalue weighted by atomic mass is 28.5. The van der Waals surface area contributed by atoms with Crippen LogP contribution in [0.5, 0.6) is 0 Å². The molecule has 4 nitrogen and oxygen atoms in total. The zero-order valence-corrected chi connectivity index (χ0v) is 14.9. The van der Waals surface area contributed by atoms with Crippen LogP contribution >= 0.6 is 0 Å². The maximum atomic E-state index is 6.09. The molecule has 0 radical (unpaired) electrons. The second kappa shape index (κ2) is 4.18. The molecule has 15 heavy (non-hydrogen) atoms. The molecule has 0 spiro atoms. The highest BCUT2D eigenvalue weighted by Crippen LogP contribution is 2.26. The van der Waals surface area contributed by atoms with Gasteiger partial charge in [0.1, 0.15) is 0 Å². The summed E-state index contributed by atoms with van der Waals surface area (Å²) in [5.74, 6) is 0. The predicted molar refractivity (Wildman–Crippen MR) is 69.8 cm³/mol. The second-order valence-corrected chi connectivity index (χ2v) is 18.3. The van der Waals surface area contributed by atoms with Gasteiger partial charge in [-0.15, -0.1) is 0 Å². The van der Waals surface area contributed by atoms with Gasteiger partial charge in [0, 0.05) is 0 Å². The van der Waals surface area contributed by atoms with Gasteiger partial charge >= 0.3 is 35.0 Å². The van der Waals surface area contributed by atoms with Crippen LogP contribution in [0, 0.1) is 0 Å². The van der Waals surface area contributed by atoms with Gasteiger partial charge in [-0.1, -0.05) is 0 Å². The first-order chi connectivity index (χ1) is 6.52. The van der Waals surface area contributed by atoms with Crippen molar-refractivity contribution in [2.24, 2.45) is 0 Å². The normalized spacial score (nSPS) is 30.6. The van der Waals surface area contributed by atoms with Crippen LogP contribution in [0.1, 0.15) is 0 Å². The minimum Gasteiger partial charge on any atom is -0.418 e. The van der Waals surface area contributed by atoms with E-state index in [0.717, 1.165) is 0 Å². The molecule has 0 bridgehead atoms. The lowest BCUT2D eigenvalue weighted by Gasteiger charge is -2.43. The van der Waals surface area contributed by atoms with Crippen LogP contribution in [-0.4, -0.2) is 35.0 Å². The summed E-state index contributed by atoms with van der Waals surface area (Å²) < 4.78 is 24.1. The smallest absolute Gasteiger partial charge is 0.314 e. The van der Waals surface area contributed by atoms with Gasteiger partial charge in [0.15, 0.2) is 0 Å². The summed E-state index contributed by atoms with van der Waals surface area (Å²) in [5.41, 5.74) is 0. The first-order valence-electron chi connectivity index (χ1n) is 5.27. The van der Waals surface area contributed by atoms with Crippen molar-refractivity contribution in [3.63, 3.8) is 0 Å². The fraction of sp³-hybridized carbons (Fsp3) is 1.00. The molecule has 8 heteroatoms. The molecule has 0 N–H and O–H groups in total. The molecular formula is C7H22O4Si4. The molecule has 1 heterocycles. The summed E-state index contributed by atoms with van der Waals surface area (Å²) in [4.78, 5) is 0. The van der Waals surface area contributed by atoms with Crippen molar-refractivity contribution >= 4 is 35.0 Å². The Kier molecular flexibility index (Phi) is 3.84. The average molecular weight is 283 g/mol. The van der Waals surface area contributed by atoms with E-state index in [0.29, 0.717) is 0 Å². The summed E-state index contributed by atoms with van der Waals surface area (Å²) in [7, 11) is -7.74. The van der Waals surface area contributed by atoms with E-state index >= 15 is 0 Å². The third-order valence-electron chi connectivity index (χ3n) is 1.88. The number of hydrogen-bond donors (Lipinski definition) is 0. The van der Waals surface area contributed by atoms with Crippen LogP contribution in [0.2, 0.25) is 45.8 Å². The van der Waals surface area contributed by atoms with Gasteiger partial charge in [-0.2, -0.15) is 0 Å². The summed E-state index contributed by atoms with van der Waals surface area (Å²) in [5, 5.41) is 0. The largest absolute Gasteiger partial charge is 0.418 e. The Bertz CT molecular complexity index is 221. The molecule has 0 aromatic heterocycles. The van der Waals surface area contributed by atoms with Gasteiger partial charge in [0.05, 0.1) is 0 Å². The van der Waals surface area contributed by atoms with Gasteiger partial charge in [-0.25, -0.2) is 0 Å². The van der Waals surface area contributed by atoms with Crippen molar-refractivity contribution in [1.82, 2.24) is 0 Å². The van der Waals surface area contributed by atoms with Gasteiger partial charge in [-0.3, -0.25) is 0 Å². The number of hydrogen-bond acceptors (Lipinski definition) is 4. The fourth-order valence-corrected chi connectivity index (χ4v) is 20.4. The topological polar surface area (TPSA) is 36.9 Å². The second-order valence-electron chi connectivity index (χ2n) is 5.21. The SMILES string of the molecule is C[SiH]1O[Si](C)(C)O[Si](C)(C)O[Si](C)(C)O1. The van der Waals surface area contributed by atoms with E-state index in [4.69, 9.17) is 16.5 Å². The van der Waals surface area contributed by atoms with E-state index < -0.39 is 35.0 Å². The van der Waals surface area contributed by atoms with Crippen LogP contribution in [0.4, 0.5) is 0 Å². The Morgan fingerprint density at radius 1 is 0.667 bits per heavy atom. The molecule has 0 amide bonds. The molecular weight excluding hydrogens is 260 g/mol. The summed E-state index contributed by atoms with van der Waals surface area (Å²) in [6, 6.07) is 0. The molecule has 0 aromatic rings. The predicted octanol–water partition coefficient (Wildman–Crippen LogP) is 2.02. The molecule has 0 unspecified atom stereocenters. The van der Waals surface area contributed by atoms with Crippen LogP contribution in [-0.2, 0) is 16.5 Å². The molecule has 0 aliphatic carbocycles. The van der Waals surface area contributed by atoms with Crippen LogP contribution < -0.4 is 0 Å². The van der Waals surface area contributed by atoms with Gasteiger partial charge in [0.25, 0.3) is 0 Å². The Morgan fingerprint density at radius 3 is 1.33 bits per heavy atom. The van der Waals surface area contributed by atoms with E-state index in [1.807, 2.05) is 0 Å². The lowest BCUT2D eigenvalue weighted by Crippen LogP contribution is -2.60. The first-order valence-corrected chi connectivity index (χ1v) is 15.8. The number of rotatable bonds is 0. The lowest BCUT2D eigenvalue weighted by atomic mass is 11.9.